The van der Waals surface area contributed by atoms with Crippen LogP contribution in [0, 0.1) is 7.14 Å². The number of benzene rings is 2. The van der Waals surface area contributed by atoms with E-state index in [-0.39, 0.29) is 11.0 Å². The molecule has 1 heterocycles. The molecular weight excluding hydrogens is 660 g/mol. The third-order valence-corrected chi connectivity index (χ3v) is 6.21. The predicted molar refractivity (Wildman–Crippen MR) is 138 cm³/mol. The maximum absolute atomic E-state index is 13.2. The van der Waals surface area contributed by atoms with Gasteiger partial charge in [0.05, 0.1) is 30.9 Å². The third-order valence-electron chi connectivity index (χ3n) is 4.11. The SMILES string of the molecule is CCOc1c(I)cc(C=Nn2c(C(C)(C)C)nc3ccc(Br)cc3c2=O)cc1I. The van der Waals surface area contributed by atoms with E-state index in [1.807, 2.05) is 52.0 Å². The van der Waals surface area contributed by atoms with Crippen LogP contribution in [0.5, 0.6) is 5.75 Å². The van der Waals surface area contributed by atoms with Crippen molar-refractivity contribution in [2.45, 2.75) is 33.1 Å². The van der Waals surface area contributed by atoms with Gasteiger partial charge in [0, 0.05) is 9.89 Å². The number of hydrogen-bond donors (Lipinski definition) is 0. The number of aromatic nitrogens is 2. The molecule has 0 bridgehead atoms. The summed E-state index contributed by atoms with van der Waals surface area (Å²) in [5.74, 6) is 1.49. The molecule has 5 nitrogen and oxygen atoms in total. The molecule has 0 saturated carbocycles. The molecule has 3 rings (SSSR count). The minimum Gasteiger partial charge on any atom is -0.492 e. The minimum absolute atomic E-state index is 0.187. The fourth-order valence-corrected chi connectivity index (χ4v) is 5.29. The molecule has 0 aliphatic carbocycles. The van der Waals surface area contributed by atoms with E-state index in [9.17, 15) is 4.79 Å². The first kappa shape index (κ1) is 22.7. The summed E-state index contributed by atoms with van der Waals surface area (Å²) in [5.41, 5.74) is 1.02. The van der Waals surface area contributed by atoms with E-state index < -0.39 is 0 Å². The Bertz CT molecular complexity index is 1140. The van der Waals surface area contributed by atoms with Crippen molar-refractivity contribution < 1.29 is 4.74 Å². The van der Waals surface area contributed by atoms with E-state index in [1.54, 1.807) is 12.3 Å². The lowest BCUT2D eigenvalue weighted by Crippen LogP contribution is -2.29. The molecule has 0 N–H and O–H groups in total. The molecule has 8 heteroatoms. The quantitative estimate of drug-likeness (QED) is 0.253. The molecule has 152 valence electrons. The van der Waals surface area contributed by atoms with Gasteiger partial charge in [0.15, 0.2) is 0 Å². The van der Waals surface area contributed by atoms with Crippen molar-refractivity contribution >= 4 is 78.2 Å². The van der Waals surface area contributed by atoms with E-state index >= 15 is 0 Å². The summed E-state index contributed by atoms with van der Waals surface area (Å²) in [6, 6.07) is 9.50. The van der Waals surface area contributed by atoms with E-state index in [1.165, 1.54) is 4.68 Å². The van der Waals surface area contributed by atoms with Gasteiger partial charge < -0.3 is 4.74 Å². The molecule has 0 aliphatic rings. The zero-order valence-electron chi connectivity index (χ0n) is 16.5. The number of nitrogens with zero attached hydrogens (tertiary/aromatic N) is 3. The van der Waals surface area contributed by atoms with Gasteiger partial charge in [0.2, 0.25) is 0 Å². The van der Waals surface area contributed by atoms with Crippen LogP contribution in [0.25, 0.3) is 10.9 Å². The predicted octanol–water partition coefficient (Wildman–Crippen LogP) is 5.95. The largest absolute Gasteiger partial charge is 0.492 e. The summed E-state index contributed by atoms with van der Waals surface area (Å²) >= 11 is 7.94. The molecule has 0 unspecified atom stereocenters. The molecular formula is C21H20BrI2N3O2. The van der Waals surface area contributed by atoms with E-state index in [0.717, 1.165) is 22.9 Å². The van der Waals surface area contributed by atoms with Crippen LogP contribution in [0.1, 0.15) is 39.1 Å². The van der Waals surface area contributed by atoms with Crippen molar-refractivity contribution in [3.8, 4) is 5.75 Å². The summed E-state index contributed by atoms with van der Waals surface area (Å²) in [4.78, 5) is 17.9. The Hall–Kier alpha value is -1.01. The van der Waals surface area contributed by atoms with Gasteiger partial charge in [-0.3, -0.25) is 4.79 Å². The first-order chi connectivity index (χ1) is 13.6. The van der Waals surface area contributed by atoms with Gasteiger partial charge in [-0.25, -0.2) is 4.98 Å². The number of hydrogen-bond acceptors (Lipinski definition) is 4. The first-order valence-corrected chi connectivity index (χ1v) is 12.0. The fourth-order valence-electron chi connectivity index (χ4n) is 2.80. The molecule has 0 saturated heterocycles. The van der Waals surface area contributed by atoms with Crippen molar-refractivity contribution in [3.05, 3.63) is 63.7 Å². The summed E-state index contributed by atoms with van der Waals surface area (Å²) in [5, 5.41) is 5.06. The number of fused-ring (bicyclic) bond motifs is 1. The Kier molecular flexibility index (Phi) is 7.04. The van der Waals surface area contributed by atoms with Gasteiger partial charge in [-0.15, -0.1) is 0 Å². The highest BCUT2D eigenvalue weighted by Crippen LogP contribution is 2.29. The van der Waals surface area contributed by atoms with Crippen LogP contribution in [0.3, 0.4) is 0 Å². The van der Waals surface area contributed by atoms with Crippen molar-refractivity contribution in [2.75, 3.05) is 6.61 Å². The Balaban J connectivity index is 2.16. The normalized spacial score (nSPS) is 12.1. The highest BCUT2D eigenvalue weighted by Gasteiger charge is 2.23. The number of ether oxygens (including phenoxy) is 1. The second-order valence-electron chi connectivity index (χ2n) is 7.46. The molecule has 0 atom stereocenters. The molecule has 0 aliphatic heterocycles. The second kappa shape index (κ2) is 9.01. The van der Waals surface area contributed by atoms with Crippen LogP contribution in [-0.2, 0) is 5.41 Å². The fraction of sp³-hybridized carbons (Fsp3) is 0.286. The monoisotopic (exact) mass is 679 g/mol. The smallest absolute Gasteiger partial charge is 0.282 e. The van der Waals surface area contributed by atoms with Gasteiger partial charge in [-0.05, 0) is 88.0 Å². The van der Waals surface area contributed by atoms with Crippen molar-refractivity contribution in [1.82, 2.24) is 9.66 Å². The molecule has 29 heavy (non-hydrogen) atoms. The van der Waals surface area contributed by atoms with Gasteiger partial charge in [-0.2, -0.15) is 9.78 Å². The van der Waals surface area contributed by atoms with Gasteiger partial charge in [0.1, 0.15) is 11.6 Å². The van der Waals surface area contributed by atoms with Crippen LogP contribution >= 0.6 is 61.1 Å². The Morgan fingerprint density at radius 2 is 1.86 bits per heavy atom. The highest BCUT2D eigenvalue weighted by molar-refractivity contribution is 14.1. The van der Waals surface area contributed by atoms with Crippen LogP contribution in [0.15, 0.2) is 44.7 Å². The van der Waals surface area contributed by atoms with E-state index in [2.05, 4.69) is 66.2 Å². The Morgan fingerprint density at radius 3 is 2.45 bits per heavy atom. The van der Waals surface area contributed by atoms with Crippen molar-refractivity contribution in [1.29, 1.82) is 0 Å². The van der Waals surface area contributed by atoms with Crippen LogP contribution in [0.2, 0.25) is 0 Å². The van der Waals surface area contributed by atoms with Crippen LogP contribution in [0.4, 0.5) is 0 Å². The molecule has 0 fully saturated rings. The van der Waals surface area contributed by atoms with E-state index in [0.29, 0.717) is 23.3 Å². The number of halogens is 3. The zero-order chi connectivity index (χ0) is 21.3. The molecule has 2 aromatic carbocycles. The summed E-state index contributed by atoms with van der Waals surface area (Å²) in [7, 11) is 0. The topological polar surface area (TPSA) is 56.5 Å². The lowest BCUT2D eigenvalue weighted by atomic mass is 9.95. The highest BCUT2D eigenvalue weighted by atomic mass is 127. The number of rotatable bonds is 4. The van der Waals surface area contributed by atoms with Gasteiger partial charge >= 0.3 is 0 Å². The van der Waals surface area contributed by atoms with E-state index in [4.69, 9.17) is 9.72 Å². The van der Waals surface area contributed by atoms with Crippen LogP contribution in [-0.4, -0.2) is 22.5 Å². The summed E-state index contributed by atoms with van der Waals surface area (Å²) in [6.07, 6.45) is 1.70. The lowest BCUT2D eigenvalue weighted by molar-refractivity contribution is 0.335. The molecule has 3 aromatic rings. The summed E-state index contributed by atoms with van der Waals surface area (Å²) < 4.78 is 9.94. The van der Waals surface area contributed by atoms with Crippen LogP contribution < -0.4 is 10.3 Å². The average molecular weight is 680 g/mol. The Morgan fingerprint density at radius 1 is 1.21 bits per heavy atom. The third kappa shape index (κ3) is 5.01. The Labute approximate surface area is 205 Å². The van der Waals surface area contributed by atoms with Crippen molar-refractivity contribution in [2.24, 2.45) is 5.10 Å². The molecule has 0 amide bonds. The molecule has 0 spiro atoms. The van der Waals surface area contributed by atoms with Gasteiger partial charge in [-0.1, -0.05) is 36.7 Å². The summed E-state index contributed by atoms with van der Waals surface area (Å²) in [6.45, 7) is 8.64. The zero-order valence-corrected chi connectivity index (χ0v) is 22.4. The minimum atomic E-state index is -0.348. The average Bonchev–Trinajstić information content (AvgIpc) is 2.63. The van der Waals surface area contributed by atoms with Gasteiger partial charge in [0.25, 0.3) is 5.56 Å². The van der Waals surface area contributed by atoms with Crippen molar-refractivity contribution in [3.63, 3.8) is 0 Å². The lowest BCUT2D eigenvalue weighted by Gasteiger charge is -2.20. The molecule has 1 aromatic heterocycles. The maximum Gasteiger partial charge on any atom is 0.282 e. The maximum atomic E-state index is 13.2. The standard InChI is InChI=1S/C21H20BrI2N3O2/c1-5-29-18-15(23)8-12(9-16(18)24)11-25-27-19(28)14-10-13(22)6-7-17(14)26-20(27)21(2,3)4/h6-11H,5H2,1-4H3. The first-order valence-electron chi connectivity index (χ1n) is 9.01. The molecule has 0 radical (unpaired) electrons. The second-order valence-corrected chi connectivity index (χ2v) is 10.7.